The van der Waals surface area contributed by atoms with E-state index in [0.29, 0.717) is 12.3 Å². The zero-order chi connectivity index (χ0) is 18.5. The second-order valence-electron chi connectivity index (χ2n) is 6.05. The fourth-order valence-electron chi connectivity index (χ4n) is 2.74. The van der Waals surface area contributed by atoms with E-state index in [9.17, 15) is 4.79 Å². The Kier molecular flexibility index (Phi) is 5.39. The van der Waals surface area contributed by atoms with Crippen LogP contribution in [0.15, 0.2) is 65.1 Å². The minimum Gasteiger partial charge on any atom is -0.497 e. The first-order valence-corrected chi connectivity index (χ1v) is 8.36. The molecule has 0 spiro atoms. The van der Waals surface area contributed by atoms with Gasteiger partial charge >= 0.3 is 5.97 Å². The van der Waals surface area contributed by atoms with Gasteiger partial charge in [0.15, 0.2) is 0 Å². The van der Waals surface area contributed by atoms with Gasteiger partial charge in [0.25, 0.3) is 0 Å². The van der Waals surface area contributed by atoms with Gasteiger partial charge in [-0.05, 0) is 48.4 Å². The lowest BCUT2D eigenvalue weighted by molar-refractivity contribution is 0.0663. The first kappa shape index (κ1) is 17.8. The highest BCUT2D eigenvalue weighted by molar-refractivity contribution is 5.85. The van der Waals surface area contributed by atoms with E-state index in [1.165, 1.54) is 6.07 Å². The Morgan fingerprint density at radius 1 is 1.15 bits per heavy atom. The molecule has 0 aliphatic heterocycles. The van der Waals surface area contributed by atoms with Gasteiger partial charge in [-0.25, -0.2) is 4.79 Å². The number of carboxylic acid groups (broad SMARTS) is 1. The second kappa shape index (κ2) is 7.89. The molecule has 0 radical (unpaired) electrons. The van der Waals surface area contributed by atoms with Gasteiger partial charge in [-0.3, -0.25) is 0 Å². The molecule has 0 aliphatic rings. The van der Waals surface area contributed by atoms with Gasteiger partial charge in [-0.15, -0.1) is 0 Å². The highest BCUT2D eigenvalue weighted by Gasteiger charge is 2.11. The van der Waals surface area contributed by atoms with Crippen molar-refractivity contribution in [1.29, 1.82) is 0 Å². The molecular weight excluding hydrogens is 330 g/mol. The van der Waals surface area contributed by atoms with Gasteiger partial charge in [-0.1, -0.05) is 30.3 Å². The van der Waals surface area contributed by atoms with Gasteiger partial charge in [0, 0.05) is 18.2 Å². The van der Waals surface area contributed by atoms with Crippen molar-refractivity contribution in [2.75, 3.05) is 7.11 Å². The van der Waals surface area contributed by atoms with E-state index >= 15 is 0 Å². The van der Waals surface area contributed by atoms with Crippen LogP contribution < -0.4 is 10.1 Å². The minimum atomic E-state index is -1.07. The number of nitrogens with one attached hydrogen (secondary N) is 1. The van der Waals surface area contributed by atoms with Gasteiger partial charge in [0.2, 0.25) is 5.76 Å². The summed E-state index contributed by atoms with van der Waals surface area (Å²) in [5, 5.41) is 12.5. The number of aromatic carboxylic acids is 1. The topological polar surface area (TPSA) is 71.7 Å². The maximum atomic E-state index is 11.0. The monoisotopic (exact) mass is 351 g/mol. The third kappa shape index (κ3) is 4.13. The van der Waals surface area contributed by atoms with E-state index in [0.717, 1.165) is 22.4 Å². The number of hydrogen-bond donors (Lipinski definition) is 2. The molecule has 0 aliphatic carbocycles. The van der Waals surface area contributed by atoms with Crippen LogP contribution in [0.25, 0.3) is 11.3 Å². The SMILES string of the molecule is COc1cccc([C@@H](C)NCc2cccc(-c3ccc(C(=O)O)o3)c2)c1. The lowest BCUT2D eigenvalue weighted by Crippen LogP contribution is -2.18. The molecule has 0 fully saturated rings. The van der Waals surface area contributed by atoms with Crippen LogP contribution in [0.2, 0.25) is 0 Å². The van der Waals surface area contributed by atoms with Crippen molar-refractivity contribution in [3.05, 3.63) is 77.6 Å². The van der Waals surface area contributed by atoms with Crippen molar-refractivity contribution >= 4 is 5.97 Å². The normalized spacial score (nSPS) is 11.9. The maximum Gasteiger partial charge on any atom is 0.371 e. The highest BCUT2D eigenvalue weighted by Crippen LogP contribution is 2.24. The van der Waals surface area contributed by atoms with E-state index < -0.39 is 5.97 Å². The van der Waals surface area contributed by atoms with Crippen molar-refractivity contribution in [2.24, 2.45) is 0 Å². The number of carboxylic acids is 1. The largest absolute Gasteiger partial charge is 0.497 e. The summed E-state index contributed by atoms with van der Waals surface area (Å²) in [7, 11) is 1.66. The lowest BCUT2D eigenvalue weighted by atomic mass is 10.1. The molecule has 0 saturated carbocycles. The van der Waals surface area contributed by atoms with Crippen LogP contribution in [-0.2, 0) is 6.54 Å². The van der Waals surface area contributed by atoms with Crippen LogP contribution in [0.3, 0.4) is 0 Å². The van der Waals surface area contributed by atoms with Crippen LogP contribution in [-0.4, -0.2) is 18.2 Å². The Labute approximate surface area is 152 Å². The fraction of sp³-hybridized carbons (Fsp3) is 0.190. The maximum absolute atomic E-state index is 11.0. The molecule has 3 aromatic rings. The molecular formula is C21H21NO4. The van der Waals surface area contributed by atoms with Crippen LogP contribution in [0, 0.1) is 0 Å². The number of methoxy groups -OCH3 is 1. The fourth-order valence-corrected chi connectivity index (χ4v) is 2.74. The summed E-state index contributed by atoms with van der Waals surface area (Å²) in [6.45, 7) is 2.78. The Morgan fingerprint density at radius 3 is 2.69 bits per heavy atom. The third-order valence-corrected chi connectivity index (χ3v) is 4.23. The average Bonchev–Trinajstić information content (AvgIpc) is 3.17. The number of rotatable bonds is 7. The molecule has 0 bridgehead atoms. The molecule has 2 N–H and O–H groups in total. The molecule has 0 amide bonds. The summed E-state index contributed by atoms with van der Waals surface area (Å²) in [5.74, 6) is 0.256. The zero-order valence-corrected chi connectivity index (χ0v) is 14.7. The first-order chi connectivity index (χ1) is 12.6. The van der Waals surface area contributed by atoms with Crippen molar-refractivity contribution in [3.63, 3.8) is 0 Å². The highest BCUT2D eigenvalue weighted by atomic mass is 16.5. The van der Waals surface area contributed by atoms with Gasteiger partial charge in [0.1, 0.15) is 11.5 Å². The van der Waals surface area contributed by atoms with E-state index in [4.69, 9.17) is 14.3 Å². The minimum absolute atomic E-state index is 0.0600. The molecule has 3 rings (SSSR count). The smallest absolute Gasteiger partial charge is 0.371 e. The van der Waals surface area contributed by atoms with E-state index in [1.807, 2.05) is 42.5 Å². The summed E-state index contributed by atoms with van der Waals surface area (Å²) in [5.41, 5.74) is 3.09. The molecule has 134 valence electrons. The number of carbonyl (C=O) groups is 1. The summed E-state index contributed by atoms with van der Waals surface area (Å²) >= 11 is 0. The summed E-state index contributed by atoms with van der Waals surface area (Å²) < 4.78 is 10.6. The number of ether oxygens (including phenoxy) is 1. The average molecular weight is 351 g/mol. The number of hydrogen-bond acceptors (Lipinski definition) is 4. The molecule has 2 aromatic carbocycles. The molecule has 0 unspecified atom stereocenters. The van der Waals surface area contributed by atoms with Crippen molar-refractivity contribution < 1.29 is 19.1 Å². The second-order valence-corrected chi connectivity index (χ2v) is 6.05. The molecule has 1 heterocycles. The molecule has 5 heteroatoms. The Balaban J connectivity index is 1.69. The van der Waals surface area contributed by atoms with Crippen molar-refractivity contribution in [2.45, 2.75) is 19.5 Å². The van der Waals surface area contributed by atoms with E-state index in [2.05, 4.69) is 18.3 Å². The first-order valence-electron chi connectivity index (χ1n) is 8.36. The lowest BCUT2D eigenvalue weighted by Gasteiger charge is -2.15. The Morgan fingerprint density at radius 2 is 1.96 bits per heavy atom. The van der Waals surface area contributed by atoms with Crippen molar-refractivity contribution in [1.82, 2.24) is 5.32 Å². The van der Waals surface area contributed by atoms with E-state index in [-0.39, 0.29) is 11.8 Å². The van der Waals surface area contributed by atoms with Crippen LogP contribution in [0.4, 0.5) is 0 Å². The third-order valence-electron chi connectivity index (χ3n) is 4.23. The quantitative estimate of drug-likeness (QED) is 0.655. The van der Waals surface area contributed by atoms with Crippen LogP contribution in [0.1, 0.15) is 34.6 Å². The zero-order valence-electron chi connectivity index (χ0n) is 14.7. The van der Waals surface area contributed by atoms with Gasteiger partial charge < -0.3 is 19.6 Å². The predicted octanol–water partition coefficient (Wildman–Crippen LogP) is 4.50. The Bertz CT molecular complexity index is 900. The van der Waals surface area contributed by atoms with Crippen molar-refractivity contribution in [3.8, 4) is 17.1 Å². The molecule has 0 saturated heterocycles. The van der Waals surface area contributed by atoms with Crippen LogP contribution in [0.5, 0.6) is 5.75 Å². The number of benzene rings is 2. The summed E-state index contributed by atoms with van der Waals surface area (Å²) in [6.07, 6.45) is 0. The summed E-state index contributed by atoms with van der Waals surface area (Å²) in [4.78, 5) is 11.0. The molecule has 1 aromatic heterocycles. The number of furan rings is 1. The van der Waals surface area contributed by atoms with Gasteiger partial charge in [-0.2, -0.15) is 0 Å². The molecule has 26 heavy (non-hydrogen) atoms. The van der Waals surface area contributed by atoms with Crippen LogP contribution >= 0.6 is 0 Å². The molecule has 5 nitrogen and oxygen atoms in total. The summed E-state index contributed by atoms with van der Waals surface area (Å²) in [6, 6.07) is 19.1. The molecule has 1 atom stereocenters. The Hall–Kier alpha value is -3.05. The van der Waals surface area contributed by atoms with Gasteiger partial charge in [0.05, 0.1) is 7.11 Å². The standard InChI is InChI=1S/C21H21NO4/c1-14(16-6-4-8-18(12-16)25-2)22-13-15-5-3-7-17(11-15)19-9-10-20(26-19)21(23)24/h3-12,14,22H,13H2,1-2H3,(H,23,24)/t14-/m1/s1. The predicted molar refractivity (Wildman–Crippen MR) is 99.4 cm³/mol. The van der Waals surface area contributed by atoms with E-state index in [1.54, 1.807) is 13.2 Å².